The average Bonchev–Trinajstić information content (AvgIpc) is 2.69. The molecular formula is C12H11BrN2O. The summed E-state index contributed by atoms with van der Waals surface area (Å²) in [6, 6.07) is 5.94. The Morgan fingerprint density at radius 3 is 3.12 bits per heavy atom. The van der Waals surface area contributed by atoms with E-state index in [0.717, 1.165) is 34.9 Å². The maximum absolute atomic E-state index is 10.8. The standard InChI is InChI=1S/C12H11BrN2O/c13-9-5-1-3-7-8-4-2-6-10(15-16)12(8)14-11(7)9/h1,3,5,10,14H,2,4,6H2. The Bertz CT molecular complexity index is 561. The molecule has 1 N–H and O–H groups in total. The summed E-state index contributed by atoms with van der Waals surface area (Å²) in [5, 5.41) is 4.44. The Morgan fingerprint density at radius 1 is 1.44 bits per heavy atom. The fourth-order valence-electron chi connectivity index (χ4n) is 2.53. The van der Waals surface area contributed by atoms with Crippen molar-refractivity contribution in [2.45, 2.75) is 25.3 Å². The highest BCUT2D eigenvalue weighted by Gasteiger charge is 2.25. The number of H-pyrrole nitrogens is 1. The highest BCUT2D eigenvalue weighted by Crippen LogP contribution is 2.38. The number of fused-ring (bicyclic) bond motifs is 3. The highest BCUT2D eigenvalue weighted by molar-refractivity contribution is 9.10. The fraction of sp³-hybridized carbons (Fsp3) is 0.333. The fourth-order valence-corrected chi connectivity index (χ4v) is 3.00. The molecule has 3 nitrogen and oxygen atoms in total. The Kier molecular flexibility index (Phi) is 2.32. The first-order valence-electron chi connectivity index (χ1n) is 5.42. The van der Waals surface area contributed by atoms with Gasteiger partial charge in [0.1, 0.15) is 6.04 Å². The van der Waals surface area contributed by atoms with Crippen LogP contribution in [0.3, 0.4) is 0 Å². The number of nitroso groups, excluding NO2 is 1. The number of halogens is 1. The molecule has 0 spiro atoms. The van der Waals surface area contributed by atoms with Crippen LogP contribution < -0.4 is 0 Å². The quantitative estimate of drug-likeness (QED) is 0.785. The van der Waals surface area contributed by atoms with E-state index in [4.69, 9.17) is 0 Å². The number of para-hydroxylation sites is 1. The van der Waals surface area contributed by atoms with Crippen molar-refractivity contribution in [3.8, 4) is 0 Å². The highest BCUT2D eigenvalue weighted by atomic mass is 79.9. The van der Waals surface area contributed by atoms with Crippen molar-refractivity contribution in [1.82, 2.24) is 4.98 Å². The summed E-state index contributed by atoms with van der Waals surface area (Å²) in [6.07, 6.45) is 2.95. The van der Waals surface area contributed by atoms with Gasteiger partial charge in [-0.2, -0.15) is 4.91 Å². The van der Waals surface area contributed by atoms with Gasteiger partial charge < -0.3 is 4.98 Å². The van der Waals surface area contributed by atoms with Gasteiger partial charge in [0, 0.05) is 15.6 Å². The van der Waals surface area contributed by atoms with Crippen LogP contribution in [0.4, 0.5) is 0 Å². The molecule has 1 aromatic heterocycles. The molecule has 0 saturated heterocycles. The lowest BCUT2D eigenvalue weighted by molar-refractivity contribution is 0.561. The maximum Gasteiger partial charge on any atom is 0.132 e. The Morgan fingerprint density at radius 2 is 2.31 bits per heavy atom. The molecule has 2 aromatic rings. The molecule has 0 fully saturated rings. The number of hydrogen-bond acceptors (Lipinski definition) is 2. The van der Waals surface area contributed by atoms with E-state index in [1.807, 2.05) is 12.1 Å². The average molecular weight is 279 g/mol. The molecule has 1 aliphatic rings. The predicted octanol–water partition coefficient (Wildman–Crippen LogP) is 4.07. The number of rotatable bonds is 1. The van der Waals surface area contributed by atoms with Crippen molar-refractivity contribution in [1.29, 1.82) is 0 Å². The molecule has 82 valence electrons. The maximum atomic E-state index is 10.8. The van der Waals surface area contributed by atoms with Crippen molar-refractivity contribution in [3.63, 3.8) is 0 Å². The summed E-state index contributed by atoms with van der Waals surface area (Å²) in [7, 11) is 0. The number of hydrogen-bond donors (Lipinski definition) is 1. The third-order valence-electron chi connectivity index (χ3n) is 3.29. The molecule has 4 heteroatoms. The number of aromatic nitrogens is 1. The zero-order valence-corrected chi connectivity index (χ0v) is 10.3. The van der Waals surface area contributed by atoms with Crippen molar-refractivity contribution in [3.05, 3.63) is 38.8 Å². The van der Waals surface area contributed by atoms with E-state index in [9.17, 15) is 4.91 Å². The third-order valence-corrected chi connectivity index (χ3v) is 3.95. The van der Waals surface area contributed by atoms with Crippen LogP contribution in [-0.2, 0) is 6.42 Å². The summed E-state index contributed by atoms with van der Waals surface area (Å²) in [4.78, 5) is 14.1. The Hall–Kier alpha value is -1.16. The van der Waals surface area contributed by atoms with E-state index in [1.54, 1.807) is 0 Å². The van der Waals surface area contributed by atoms with E-state index in [-0.39, 0.29) is 6.04 Å². The van der Waals surface area contributed by atoms with Crippen LogP contribution in [0.15, 0.2) is 27.8 Å². The van der Waals surface area contributed by atoms with Crippen LogP contribution >= 0.6 is 15.9 Å². The first-order valence-corrected chi connectivity index (χ1v) is 6.22. The zero-order chi connectivity index (χ0) is 11.1. The lowest BCUT2D eigenvalue weighted by Crippen LogP contribution is -2.06. The Labute approximate surface area is 101 Å². The second-order valence-corrected chi connectivity index (χ2v) is 5.05. The van der Waals surface area contributed by atoms with Gasteiger partial charge in [-0.15, -0.1) is 0 Å². The van der Waals surface area contributed by atoms with Gasteiger partial charge in [-0.1, -0.05) is 17.3 Å². The van der Waals surface area contributed by atoms with Crippen LogP contribution in [0.25, 0.3) is 10.9 Å². The van der Waals surface area contributed by atoms with Crippen LogP contribution in [0.1, 0.15) is 30.1 Å². The molecule has 1 heterocycles. The van der Waals surface area contributed by atoms with Crippen LogP contribution in [0, 0.1) is 4.91 Å². The number of nitrogens with zero attached hydrogens (tertiary/aromatic N) is 1. The van der Waals surface area contributed by atoms with Crippen LogP contribution in [0.2, 0.25) is 0 Å². The SMILES string of the molecule is O=NC1CCCc2c1[nH]c1c(Br)cccc21. The van der Waals surface area contributed by atoms with Gasteiger partial charge in [0.2, 0.25) is 0 Å². The van der Waals surface area contributed by atoms with Gasteiger partial charge in [-0.3, -0.25) is 0 Å². The van der Waals surface area contributed by atoms with Crippen LogP contribution in [0.5, 0.6) is 0 Å². The minimum Gasteiger partial charge on any atom is -0.355 e. The lowest BCUT2D eigenvalue weighted by Gasteiger charge is -2.15. The van der Waals surface area contributed by atoms with Gasteiger partial charge in [-0.25, -0.2) is 0 Å². The van der Waals surface area contributed by atoms with E-state index < -0.39 is 0 Å². The van der Waals surface area contributed by atoms with Gasteiger partial charge in [0.25, 0.3) is 0 Å². The second kappa shape index (κ2) is 3.70. The number of benzene rings is 1. The monoisotopic (exact) mass is 278 g/mol. The number of nitrogens with one attached hydrogen (secondary N) is 1. The molecule has 0 bridgehead atoms. The Balaban J connectivity index is 2.32. The van der Waals surface area contributed by atoms with Crippen molar-refractivity contribution in [2.24, 2.45) is 5.18 Å². The molecule has 3 rings (SSSR count). The number of aromatic amines is 1. The first-order chi connectivity index (χ1) is 7.81. The molecule has 1 aromatic carbocycles. The van der Waals surface area contributed by atoms with Gasteiger partial charge in [0.05, 0.1) is 5.52 Å². The minimum absolute atomic E-state index is 0.192. The minimum atomic E-state index is -0.192. The molecule has 0 saturated carbocycles. The van der Waals surface area contributed by atoms with E-state index in [0.29, 0.717) is 0 Å². The lowest BCUT2D eigenvalue weighted by atomic mass is 9.92. The van der Waals surface area contributed by atoms with Gasteiger partial charge >= 0.3 is 0 Å². The topological polar surface area (TPSA) is 45.2 Å². The molecule has 16 heavy (non-hydrogen) atoms. The summed E-state index contributed by atoms with van der Waals surface area (Å²) >= 11 is 3.52. The third kappa shape index (κ3) is 1.33. The van der Waals surface area contributed by atoms with Crippen LogP contribution in [-0.4, -0.2) is 4.98 Å². The normalized spacial score (nSPS) is 19.7. The predicted molar refractivity (Wildman–Crippen MR) is 67.5 cm³/mol. The molecule has 1 aliphatic carbocycles. The summed E-state index contributed by atoms with van der Waals surface area (Å²) in [6.45, 7) is 0. The van der Waals surface area contributed by atoms with Crippen molar-refractivity contribution >= 4 is 26.8 Å². The zero-order valence-electron chi connectivity index (χ0n) is 8.66. The van der Waals surface area contributed by atoms with Gasteiger partial charge in [0.15, 0.2) is 0 Å². The first kappa shape index (κ1) is 10.0. The van der Waals surface area contributed by atoms with Crippen molar-refractivity contribution in [2.75, 3.05) is 0 Å². The molecule has 0 amide bonds. The van der Waals surface area contributed by atoms with E-state index in [1.165, 1.54) is 10.9 Å². The summed E-state index contributed by atoms with van der Waals surface area (Å²) in [5.74, 6) is 0. The molecule has 1 unspecified atom stereocenters. The van der Waals surface area contributed by atoms with Gasteiger partial charge in [-0.05, 0) is 46.8 Å². The smallest absolute Gasteiger partial charge is 0.132 e. The summed E-state index contributed by atoms with van der Waals surface area (Å²) < 4.78 is 1.05. The molecular weight excluding hydrogens is 268 g/mol. The second-order valence-electron chi connectivity index (χ2n) is 4.19. The van der Waals surface area contributed by atoms with E-state index in [2.05, 4.69) is 32.2 Å². The summed E-state index contributed by atoms with van der Waals surface area (Å²) in [5.41, 5.74) is 3.37. The largest absolute Gasteiger partial charge is 0.355 e. The van der Waals surface area contributed by atoms with E-state index >= 15 is 0 Å². The number of aryl methyl sites for hydroxylation is 1. The van der Waals surface area contributed by atoms with Crippen molar-refractivity contribution < 1.29 is 0 Å². The molecule has 0 aliphatic heterocycles. The molecule has 0 radical (unpaired) electrons. The molecule has 1 atom stereocenters.